The minimum Gasteiger partial charge on any atom is -0.459 e. The maximum atomic E-state index is 12.8. The van der Waals surface area contributed by atoms with E-state index < -0.39 is 42.2 Å². The molecule has 10 heteroatoms. The number of rotatable bonds is 8. The molecule has 1 atom stereocenters. The van der Waals surface area contributed by atoms with Gasteiger partial charge < -0.3 is 25.1 Å². The van der Waals surface area contributed by atoms with E-state index in [1.54, 1.807) is 0 Å². The van der Waals surface area contributed by atoms with Crippen molar-refractivity contribution in [1.82, 2.24) is 10.6 Å². The fraction of sp³-hybridized carbons (Fsp3) is 0.222. The molecule has 9 nitrogen and oxygen atoms in total. The quantitative estimate of drug-likeness (QED) is 0.572. The van der Waals surface area contributed by atoms with Crippen molar-refractivity contribution in [1.29, 1.82) is 0 Å². The third kappa shape index (κ3) is 6.56. The normalized spacial score (nSPS) is 11.2. The van der Waals surface area contributed by atoms with Gasteiger partial charge in [0, 0.05) is 5.69 Å². The third-order valence-electron chi connectivity index (χ3n) is 3.37. The number of benzene rings is 1. The van der Waals surface area contributed by atoms with Gasteiger partial charge in [0.25, 0.3) is 11.8 Å². The fourth-order valence-electron chi connectivity index (χ4n) is 1.96. The van der Waals surface area contributed by atoms with Crippen molar-refractivity contribution in [3.8, 4) is 0 Å². The Morgan fingerprint density at radius 1 is 1.11 bits per heavy atom. The van der Waals surface area contributed by atoms with Gasteiger partial charge in [0.05, 0.1) is 12.8 Å². The van der Waals surface area contributed by atoms with Crippen LogP contribution in [0.4, 0.5) is 10.1 Å². The van der Waals surface area contributed by atoms with Crippen LogP contribution in [0.2, 0.25) is 0 Å². The maximum Gasteiger partial charge on any atom is 0.328 e. The van der Waals surface area contributed by atoms with E-state index in [0.29, 0.717) is 5.69 Å². The van der Waals surface area contributed by atoms with Crippen LogP contribution in [-0.2, 0) is 19.1 Å². The van der Waals surface area contributed by atoms with Gasteiger partial charge in [0.15, 0.2) is 12.4 Å². The summed E-state index contributed by atoms with van der Waals surface area (Å²) in [5.74, 6) is -3.08. The first-order valence-electron chi connectivity index (χ1n) is 8.18. The van der Waals surface area contributed by atoms with Crippen molar-refractivity contribution in [2.75, 3.05) is 18.5 Å². The summed E-state index contributed by atoms with van der Waals surface area (Å²) in [7, 11) is 0. The minimum atomic E-state index is -1.01. The number of anilines is 1. The molecule has 2 aromatic rings. The molecular weight excluding hydrogens is 373 g/mol. The molecule has 1 aromatic heterocycles. The van der Waals surface area contributed by atoms with Crippen LogP contribution >= 0.6 is 0 Å². The van der Waals surface area contributed by atoms with E-state index in [0.717, 1.165) is 0 Å². The number of furan rings is 1. The van der Waals surface area contributed by atoms with E-state index in [9.17, 15) is 23.6 Å². The number of halogens is 1. The lowest BCUT2D eigenvalue weighted by Crippen LogP contribution is -2.41. The summed E-state index contributed by atoms with van der Waals surface area (Å²) in [6, 6.07) is 7.04. The average molecular weight is 391 g/mol. The number of nitrogens with one attached hydrogen (secondary N) is 3. The molecule has 3 N–H and O–H groups in total. The van der Waals surface area contributed by atoms with Crippen molar-refractivity contribution in [2.45, 2.75) is 13.0 Å². The lowest BCUT2D eigenvalue weighted by Gasteiger charge is -2.12. The van der Waals surface area contributed by atoms with E-state index in [4.69, 9.17) is 9.15 Å². The Morgan fingerprint density at radius 3 is 2.46 bits per heavy atom. The molecule has 0 aliphatic heterocycles. The number of hydrogen-bond acceptors (Lipinski definition) is 6. The molecule has 28 heavy (non-hydrogen) atoms. The monoisotopic (exact) mass is 391 g/mol. The minimum absolute atomic E-state index is 0.0320. The molecule has 0 spiro atoms. The molecule has 0 aliphatic carbocycles. The van der Waals surface area contributed by atoms with Crippen molar-refractivity contribution >= 4 is 29.4 Å². The van der Waals surface area contributed by atoms with Crippen molar-refractivity contribution in [3.05, 3.63) is 54.2 Å². The smallest absolute Gasteiger partial charge is 0.328 e. The van der Waals surface area contributed by atoms with Crippen molar-refractivity contribution in [2.24, 2.45) is 0 Å². The molecule has 0 saturated carbocycles. The highest BCUT2D eigenvalue weighted by Crippen LogP contribution is 2.07. The van der Waals surface area contributed by atoms with E-state index in [2.05, 4.69) is 16.0 Å². The standard InChI is InChI=1S/C18H18FN3O6/c1-11(21-17(25)14-3-2-8-27-14)18(26)28-10-16(24)20-9-15(23)22-13-6-4-12(19)5-7-13/h2-8,11H,9-10H2,1H3,(H,20,24)(H,21,25)(H,22,23). The first-order chi connectivity index (χ1) is 13.3. The number of amides is 3. The van der Waals surface area contributed by atoms with Crippen LogP contribution in [0.5, 0.6) is 0 Å². The van der Waals surface area contributed by atoms with Crippen LogP contribution < -0.4 is 16.0 Å². The highest BCUT2D eigenvalue weighted by molar-refractivity contribution is 5.96. The first-order valence-corrected chi connectivity index (χ1v) is 8.18. The molecule has 1 heterocycles. The molecule has 0 aliphatic rings. The zero-order valence-corrected chi connectivity index (χ0v) is 14.9. The van der Waals surface area contributed by atoms with E-state index in [-0.39, 0.29) is 12.3 Å². The van der Waals surface area contributed by atoms with Gasteiger partial charge >= 0.3 is 5.97 Å². The molecule has 0 fully saturated rings. The molecule has 1 aromatic carbocycles. The molecule has 3 amide bonds. The predicted molar refractivity (Wildman–Crippen MR) is 94.6 cm³/mol. The Kier molecular flexibility index (Phi) is 7.26. The van der Waals surface area contributed by atoms with E-state index in [1.807, 2.05) is 0 Å². The zero-order valence-electron chi connectivity index (χ0n) is 14.9. The maximum absolute atomic E-state index is 12.8. The molecular formula is C18H18FN3O6. The zero-order chi connectivity index (χ0) is 20.5. The van der Waals surface area contributed by atoms with E-state index in [1.165, 1.54) is 49.6 Å². The second kappa shape index (κ2) is 9.86. The Morgan fingerprint density at radius 2 is 1.82 bits per heavy atom. The molecule has 0 bridgehead atoms. The Balaban J connectivity index is 1.66. The number of carbonyl (C=O) groups is 4. The summed E-state index contributed by atoms with van der Waals surface area (Å²) in [5.41, 5.74) is 0.369. The van der Waals surface area contributed by atoms with Gasteiger partial charge in [-0.15, -0.1) is 0 Å². The van der Waals surface area contributed by atoms with Crippen molar-refractivity contribution < 1.29 is 32.7 Å². The molecule has 1 unspecified atom stereocenters. The Labute approximate surface area is 159 Å². The summed E-state index contributed by atoms with van der Waals surface area (Å²) < 4.78 is 22.5. The fourth-order valence-corrected chi connectivity index (χ4v) is 1.96. The van der Waals surface area contributed by atoms with Crippen LogP contribution in [0.25, 0.3) is 0 Å². The lowest BCUT2D eigenvalue weighted by atomic mass is 10.3. The van der Waals surface area contributed by atoms with Gasteiger partial charge in [-0.2, -0.15) is 0 Å². The Hall–Kier alpha value is -3.69. The van der Waals surface area contributed by atoms with Crippen LogP contribution in [-0.4, -0.2) is 42.9 Å². The summed E-state index contributed by atoms with van der Waals surface area (Å²) in [6.45, 7) is 0.402. The van der Waals surface area contributed by atoms with Gasteiger partial charge in [-0.3, -0.25) is 14.4 Å². The third-order valence-corrected chi connectivity index (χ3v) is 3.37. The van der Waals surface area contributed by atoms with Gasteiger partial charge in [-0.05, 0) is 43.3 Å². The first kappa shape index (κ1) is 20.6. The van der Waals surface area contributed by atoms with E-state index >= 15 is 0 Å². The van der Waals surface area contributed by atoms with Gasteiger partial charge in [-0.25, -0.2) is 9.18 Å². The Bertz CT molecular complexity index is 836. The highest BCUT2D eigenvalue weighted by Gasteiger charge is 2.20. The largest absolute Gasteiger partial charge is 0.459 e. The van der Waals surface area contributed by atoms with Gasteiger partial charge in [0.2, 0.25) is 5.91 Å². The van der Waals surface area contributed by atoms with Gasteiger partial charge in [0.1, 0.15) is 11.9 Å². The van der Waals surface area contributed by atoms with Crippen LogP contribution in [0.15, 0.2) is 47.1 Å². The lowest BCUT2D eigenvalue weighted by molar-refractivity contribution is -0.150. The number of carbonyl (C=O) groups excluding carboxylic acids is 4. The second-order valence-corrected chi connectivity index (χ2v) is 5.61. The van der Waals surface area contributed by atoms with Crippen LogP contribution in [0.1, 0.15) is 17.5 Å². The predicted octanol–water partition coefficient (Wildman–Crippen LogP) is 0.835. The number of ether oxygens (including phenoxy) is 1. The molecule has 0 radical (unpaired) electrons. The number of esters is 1. The molecule has 2 rings (SSSR count). The average Bonchev–Trinajstić information content (AvgIpc) is 3.21. The highest BCUT2D eigenvalue weighted by atomic mass is 19.1. The SMILES string of the molecule is CC(NC(=O)c1ccco1)C(=O)OCC(=O)NCC(=O)Nc1ccc(F)cc1. The summed E-state index contributed by atoms with van der Waals surface area (Å²) in [6.07, 6.45) is 1.31. The second-order valence-electron chi connectivity index (χ2n) is 5.61. The number of hydrogen-bond donors (Lipinski definition) is 3. The van der Waals surface area contributed by atoms with Gasteiger partial charge in [-0.1, -0.05) is 0 Å². The molecule has 0 saturated heterocycles. The van der Waals surface area contributed by atoms with Crippen LogP contribution in [0.3, 0.4) is 0 Å². The van der Waals surface area contributed by atoms with Crippen LogP contribution in [0, 0.1) is 5.82 Å². The topological polar surface area (TPSA) is 127 Å². The summed E-state index contributed by atoms with van der Waals surface area (Å²) >= 11 is 0. The summed E-state index contributed by atoms with van der Waals surface area (Å²) in [5, 5.41) is 7.08. The molecule has 148 valence electrons. The summed E-state index contributed by atoms with van der Waals surface area (Å²) in [4.78, 5) is 46.9. The van der Waals surface area contributed by atoms with Crippen molar-refractivity contribution in [3.63, 3.8) is 0 Å².